The van der Waals surface area contributed by atoms with Crippen molar-refractivity contribution in [3.63, 3.8) is 0 Å². The van der Waals surface area contributed by atoms with Gasteiger partial charge in [0.25, 0.3) is 0 Å². The molecule has 0 saturated heterocycles. The Kier molecular flexibility index (Phi) is 7.03. The molecular weight excluding hydrogens is 320 g/mol. The molecule has 0 atom stereocenters. The molecule has 25 heavy (non-hydrogen) atoms. The molecule has 140 valence electrons. The highest BCUT2D eigenvalue weighted by atomic mass is 16.6. The number of benzene rings is 1. The maximum Gasteiger partial charge on any atom is 0.320 e. The van der Waals surface area contributed by atoms with Crippen LogP contribution in [0.25, 0.3) is 0 Å². The fraction of sp³-hybridized carbons (Fsp3) is 0.600. The van der Waals surface area contributed by atoms with Gasteiger partial charge in [0.15, 0.2) is 5.92 Å². The molecule has 5 heteroatoms. The average molecular weight is 350 g/mol. The second-order valence-corrected chi connectivity index (χ2v) is 8.01. The number of methoxy groups -OCH3 is 1. The minimum atomic E-state index is -0.944. The van der Waals surface area contributed by atoms with Crippen molar-refractivity contribution in [1.82, 2.24) is 0 Å². The lowest BCUT2D eigenvalue weighted by Gasteiger charge is -2.26. The van der Waals surface area contributed by atoms with Gasteiger partial charge in [0.1, 0.15) is 17.0 Å². The number of aryl methyl sites for hydroxylation is 1. The van der Waals surface area contributed by atoms with Crippen LogP contribution in [-0.4, -0.2) is 30.3 Å². The lowest BCUT2D eigenvalue weighted by atomic mass is 9.98. The van der Waals surface area contributed by atoms with E-state index in [-0.39, 0.29) is 0 Å². The molecular formula is C20H30O5. The summed E-state index contributed by atoms with van der Waals surface area (Å²) in [6.45, 7) is 10.7. The average Bonchev–Trinajstić information content (AvgIpc) is 2.44. The molecule has 1 rings (SSSR count). The summed E-state index contributed by atoms with van der Waals surface area (Å²) in [4.78, 5) is 24.9. The van der Waals surface area contributed by atoms with E-state index in [0.717, 1.165) is 11.3 Å². The number of ether oxygens (including phenoxy) is 3. The van der Waals surface area contributed by atoms with E-state index in [1.807, 2.05) is 24.3 Å². The van der Waals surface area contributed by atoms with Gasteiger partial charge in [-0.05, 0) is 72.1 Å². The summed E-state index contributed by atoms with van der Waals surface area (Å²) < 4.78 is 15.9. The lowest BCUT2D eigenvalue weighted by Crippen LogP contribution is -2.37. The van der Waals surface area contributed by atoms with Crippen LogP contribution >= 0.6 is 0 Å². The number of hydrogen-bond donors (Lipinski definition) is 0. The van der Waals surface area contributed by atoms with Crippen LogP contribution in [0.15, 0.2) is 24.3 Å². The molecule has 0 amide bonds. The van der Waals surface area contributed by atoms with Crippen LogP contribution < -0.4 is 4.74 Å². The highest BCUT2D eigenvalue weighted by Crippen LogP contribution is 2.21. The smallest absolute Gasteiger partial charge is 0.320 e. The van der Waals surface area contributed by atoms with Gasteiger partial charge in [0, 0.05) is 0 Å². The zero-order chi connectivity index (χ0) is 19.3. The van der Waals surface area contributed by atoms with Crippen molar-refractivity contribution in [2.24, 2.45) is 5.92 Å². The minimum Gasteiger partial charge on any atom is -0.497 e. The second-order valence-electron chi connectivity index (χ2n) is 8.01. The summed E-state index contributed by atoms with van der Waals surface area (Å²) in [5.41, 5.74) is -0.299. The van der Waals surface area contributed by atoms with Crippen LogP contribution in [-0.2, 0) is 25.5 Å². The Labute approximate surface area is 150 Å². The van der Waals surface area contributed by atoms with Gasteiger partial charge in [-0.2, -0.15) is 0 Å². The van der Waals surface area contributed by atoms with Crippen molar-refractivity contribution in [1.29, 1.82) is 0 Å². The van der Waals surface area contributed by atoms with Gasteiger partial charge < -0.3 is 14.2 Å². The molecule has 0 aromatic heterocycles. The Morgan fingerprint density at radius 3 is 1.68 bits per heavy atom. The van der Waals surface area contributed by atoms with Gasteiger partial charge in [-0.25, -0.2) is 0 Å². The molecule has 0 bridgehead atoms. The summed E-state index contributed by atoms with van der Waals surface area (Å²) in [5.74, 6) is -1.27. The van der Waals surface area contributed by atoms with Crippen molar-refractivity contribution in [3.05, 3.63) is 29.8 Å². The summed E-state index contributed by atoms with van der Waals surface area (Å²) in [6, 6.07) is 7.54. The van der Waals surface area contributed by atoms with Crippen LogP contribution in [0.2, 0.25) is 0 Å². The SMILES string of the molecule is COc1ccc(CCC(C(=O)OC(C)(C)C)C(=O)OC(C)(C)C)cc1. The normalized spacial score (nSPS) is 12.0. The van der Waals surface area contributed by atoms with E-state index in [4.69, 9.17) is 14.2 Å². The zero-order valence-corrected chi connectivity index (χ0v) is 16.3. The fourth-order valence-electron chi connectivity index (χ4n) is 2.18. The Balaban J connectivity index is 2.85. The van der Waals surface area contributed by atoms with Crippen LogP contribution in [0.1, 0.15) is 53.5 Å². The summed E-state index contributed by atoms with van der Waals surface area (Å²) >= 11 is 0. The van der Waals surface area contributed by atoms with Gasteiger partial charge in [0.2, 0.25) is 0 Å². The maximum atomic E-state index is 12.5. The van der Waals surface area contributed by atoms with Gasteiger partial charge >= 0.3 is 11.9 Å². The summed E-state index contributed by atoms with van der Waals surface area (Å²) in [7, 11) is 1.61. The first kappa shape index (κ1) is 21.0. The first-order valence-electron chi connectivity index (χ1n) is 8.50. The van der Waals surface area contributed by atoms with Crippen molar-refractivity contribution in [2.75, 3.05) is 7.11 Å². The molecule has 0 aliphatic rings. The Bertz CT molecular complexity index is 548. The van der Waals surface area contributed by atoms with Crippen molar-refractivity contribution in [3.8, 4) is 5.75 Å². The molecule has 5 nitrogen and oxygen atoms in total. The Hall–Kier alpha value is -2.04. The van der Waals surface area contributed by atoms with Crippen LogP contribution in [0.4, 0.5) is 0 Å². The molecule has 1 aromatic rings. The van der Waals surface area contributed by atoms with Crippen LogP contribution in [0, 0.1) is 5.92 Å². The van der Waals surface area contributed by atoms with Crippen molar-refractivity contribution < 1.29 is 23.8 Å². The van der Waals surface area contributed by atoms with E-state index in [1.165, 1.54) is 0 Å². The lowest BCUT2D eigenvalue weighted by molar-refractivity contribution is -0.174. The maximum absolute atomic E-state index is 12.5. The van der Waals surface area contributed by atoms with Crippen LogP contribution in [0.3, 0.4) is 0 Å². The first-order valence-corrected chi connectivity index (χ1v) is 8.50. The van der Waals surface area contributed by atoms with Gasteiger partial charge in [-0.3, -0.25) is 9.59 Å². The number of hydrogen-bond acceptors (Lipinski definition) is 5. The predicted octanol–water partition coefficient (Wildman–Crippen LogP) is 3.93. The third kappa shape index (κ3) is 8.05. The molecule has 0 radical (unpaired) electrons. The van der Waals surface area contributed by atoms with E-state index < -0.39 is 29.1 Å². The first-order chi connectivity index (χ1) is 11.4. The third-order valence-electron chi connectivity index (χ3n) is 3.26. The summed E-state index contributed by atoms with van der Waals surface area (Å²) in [6.07, 6.45) is 0.892. The van der Waals surface area contributed by atoms with E-state index >= 15 is 0 Å². The molecule has 0 aliphatic heterocycles. The van der Waals surface area contributed by atoms with E-state index in [0.29, 0.717) is 12.8 Å². The molecule has 1 aromatic carbocycles. The quantitative estimate of drug-likeness (QED) is 0.575. The van der Waals surface area contributed by atoms with Gasteiger partial charge in [-0.1, -0.05) is 12.1 Å². The molecule has 0 spiro atoms. The fourth-order valence-corrected chi connectivity index (χ4v) is 2.18. The van der Waals surface area contributed by atoms with Crippen molar-refractivity contribution in [2.45, 2.75) is 65.6 Å². The number of carbonyl (C=O) groups is 2. The standard InChI is InChI=1S/C20H30O5/c1-19(2,3)24-17(21)16(18(22)25-20(4,5)6)13-10-14-8-11-15(23-7)12-9-14/h8-9,11-12,16H,10,13H2,1-7H3. The number of esters is 2. The monoisotopic (exact) mass is 350 g/mol. The molecule has 0 saturated carbocycles. The van der Waals surface area contributed by atoms with Crippen LogP contribution in [0.5, 0.6) is 5.75 Å². The molecule has 0 fully saturated rings. The minimum absolute atomic E-state index is 0.330. The highest BCUT2D eigenvalue weighted by Gasteiger charge is 2.34. The van der Waals surface area contributed by atoms with E-state index in [9.17, 15) is 9.59 Å². The van der Waals surface area contributed by atoms with Crippen molar-refractivity contribution >= 4 is 11.9 Å². The topological polar surface area (TPSA) is 61.8 Å². The predicted molar refractivity (Wildman–Crippen MR) is 96.5 cm³/mol. The highest BCUT2D eigenvalue weighted by molar-refractivity contribution is 5.95. The largest absolute Gasteiger partial charge is 0.497 e. The third-order valence-corrected chi connectivity index (χ3v) is 3.26. The zero-order valence-electron chi connectivity index (χ0n) is 16.3. The molecule has 0 unspecified atom stereocenters. The molecule has 0 aliphatic carbocycles. The molecule has 0 heterocycles. The summed E-state index contributed by atoms with van der Waals surface area (Å²) in [5, 5.41) is 0. The van der Waals surface area contributed by atoms with E-state index in [2.05, 4.69) is 0 Å². The van der Waals surface area contributed by atoms with Gasteiger partial charge in [0.05, 0.1) is 7.11 Å². The Morgan fingerprint density at radius 2 is 1.32 bits per heavy atom. The second kappa shape index (κ2) is 8.37. The number of rotatable bonds is 6. The Morgan fingerprint density at radius 1 is 0.880 bits per heavy atom. The molecule has 0 N–H and O–H groups in total. The van der Waals surface area contributed by atoms with Gasteiger partial charge in [-0.15, -0.1) is 0 Å². The number of carbonyl (C=O) groups excluding carboxylic acids is 2. The van der Waals surface area contributed by atoms with E-state index in [1.54, 1.807) is 48.7 Å².